The lowest BCUT2D eigenvalue weighted by atomic mass is 10.2. The Labute approximate surface area is 94.8 Å². The van der Waals surface area contributed by atoms with Crippen molar-refractivity contribution >= 4 is 27.5 Å². The molecule has 82 valence electrons. The fraction of sp³-hybridized carbons (Fsp3) is 0.300. The number of benzene rings is 1. The maximum Gasteiger partial charge on any atom is 0.227 e. The zero-order valence-electron chi connectivity index (χ0n) is 8.27. The summed E-state index contributed by atoms with van der Waals surface area (Å²) in [7, 11) is 0. The number of halogens is 3. The highest BCUT2D eigenvalue weighted by molar-refractivity contribution is 9.10. The molecule has 0 spiro atoms. The van der Waals surface area contributed by atoms with Gasteiger partial charge in [-0.25, -0.2) is 8.78 Å². The summed E-state index contributed by atoms with van der Waals surface area (Å²) >= 11 is 2.85. The second-order valence-electron chi connectivity index (χ2n) is 3.39. The van der Waals surface area contributed by atoms with Gasteiger partial charge in [-0.15, -0.1) is 0 Å². The topological polar surface area (TPSA) is 29.1 Å². The maximum atomic E-state index is 13.2. The summed E-state index contributed by atoms with van der Waals surface area (Å²) in [6.07, 6.45) is 0. The molecule has 0 radical (unpaired) electrons. The number of hydrogen-bond donors (Lipinski definition) is 1. The minimum Gasteiger partial charge on any atom is -0.323 e. The maximum absolute atomic E-state index is 13.2. The molecule has 1 aromatic rings. The van der Waals surface area contributed by atoms with Crippen LogP contribution in [0.15, 0.2) is 16.6 Å². The molecule has 0 saturated heterocycles. The summed E-state index contributed by atoms with van der Waals surface area (Å²) in [5.41, 5.74) is -0.144. The van der Waals surface area contributed by atoms with Crippen LogP contribution in [0, 0.1) is 17.6 Å². The molecular weight excluding hydrogens is 268 g/mol. The van der Waals surface area contributed by atoms with Crippen LogP contribution in [0.1, 0.15) is 13.8 Å². The summed E-state index contributed by atoms with van der Waals surface area (Å²) < 4.78 is 26.3. The molecule has 5 heteroatoms. The normalized spacial score (nSPS) is 10.5. The predicted octanol–water partition coefficient (Wildman–Crippen LogP) is 3.32. The van der Waals surface area contributed by atoms with Crippen molar-refractivity contribution in [2.75, 3.05) is 5.32 Å². The van der Waals surface area contributed by atoms with E-state index in [9.17, 15) is 13.6 Å². The lowest BCUT2D eigenvalue weighted by molar-refractivity contribution is -0.118. The van der Waals surface area contributed by atoms with Gasteiger partial charge >= 0.3 is 0 Å². The van der Waals surface area contributed by atoms with Crippen LogP contribution in [0.2, 0.25) is 0 Å². The third-order valence-corrected chi connectivity index (χ3v) is 2.40. The van der Waals surface area contributed by atoms with E-state index in [4.69, 9.17) is 0 Å². The Morgan fingerprint density at radius 3 is 2.47 bits per heavy atom. The summed E-state index contributed by atoms with van der Waals surface area (Å²) in [4.78, 5) is 11.2. The van der Waals surface area contributed by atoms with Gasteiger partial charge in [0, 0.05) is 12.0 Å². The second kappa shape index (κ2) is 4.70. The fourth-order valence-corrected chi connectivity index (χ4v) is 1.21. The van der Waals surface area contributed by atoms with E-state index in [1.807, 2.05) is 0 Å². The van der Waals surface area contributed by atoms with E-state index in [0.29, 0.717) is 0 Å². The summed E-state index contributed by atoms with van der Waals surface area (Å²) in [6.45, 7) is 3.34. The van der Waals surface area contributed by atoms with Gasteiger partial charge in [0.15, 0.2) is 0 Å². The van der Waals surface area contributed by atoms with Crippen molar-refractivity contribution in [1.29, 1.82) is 0 Å². The average molecular weight is 278 g/mol. The van der Waals surface area contributed by atoms with Crippen LogP contribution in [0.5, 0.6) is 0 Å². The van der Waals surface area contributed by atoms with E-state index >= 15 is 0 Å². The van der Waals surface area contributed by atoms with E-state index in [2.05, 4.69) is 21.2 Å². The van der Waals surface area contributed by atoms with Crippen molar-refractivity contribution in [2.24, 2.45) is 5.92 Å². The van der Waals surface area contributed by atoms with Crippen LogP contribution in [0.3, 0.4) is 0 Å². The Balaban J connectivity index is 2.96. The van der Waals surface area contributed by atoms with Crippen molar-refractivity contribution in [2.45, 2.75) is 13.8 Å². The minimum absolute atomic E-state index is 0.0301. The molecule has 2 nitrogen and oxygen atoms in total. The van der Waals surface area contributed by atoms with Gasteiger partial charge in [0.2, 0.25) is 5.91 Å². The molecule has 1 amide bonds. The third-order valence-electron chi connectivity index (χ3n) is 1.79. The minimum atomic E-state index is -0.669. The molecule has 1 N–H and O–H groups in total. The Kier molecular flexibility index (Phi) is 3.79. The van der Waals surface area contributed by atoms with Crippen molar-refractivity contribution in [1.82, 2.24) is 0 Å². The van der Waals surface area contributed by atoms with Gasteiger partial charge in [-0.2, -0.15) is 0 Å². The second-order valence-corrected chi connectivity index (χ2v) is 4.24. The number of rotatable bonds is 2. The van der Waals surface area contributed by atoms with Crippen LogP contribution in [-0.4, -0.2) is 5.91 Å². The first-order valence-electron chi connectivity index (χ1n) is 4.37. The molecule has 0 bridgehead atoms. The molecule has 1 rings (SSSR count). The van der Waals surface area contributed by atoms with E-state index in [-0.39, 0.29) is 22.0 Å². The number of anilines is 1. The number of hydrogen-bond acceptors (Lipinski definition) is 1. The molecule has 0 atom stereocenters. The first-order valence-corrected chi connectivity index (χ1v) is 5.16. The fourth-order valence-electron chi connectivity index (χ4n) is 0.895. The molecule has 0 aliphatic rings. The van der Waals surface area contributed by atoms with Crippen LogP contribution in [0.4, 0.5) is 14.5 Å². The largest absolute Gasteiger partial charge is 0.323 e. The molecule has 0 fully saturated rings. The Hall–Kier alpha value is -0.970. The number of nitrogens with one attached hydrogen (secondary N) is 1. The average Bonchev–Trinajstić information content (AvgIpc) is 2.13. The predicted molar refractivity (Wildman–Crippen MR) is 57.5 cm³/mol. The number of amides is 1. The lowest BCUT2D eigenvalue weighted by Gasteiger charge is -2.09. The standard InChI is InChI=1S/C10H10BrF2NO/c1-5(2)10(15)14-9-4-7(12)6(11)3-8(9)13/h3-5H,1-2H3,(H,14,15). The van der Waals surface area contributed by atoms with Gasteiger partial charge in [-0.1, -0.05) is 13.8 Å². The van der Waals surface area contributed by atoms with Crippen LogP contribution in [-0.2, 0) is 4.79 Å². The Bertz CT molecular complexity index is 393. The Morgan fingerprint density at radius 1 is 1.33 bits per heavy atom. The van der Waals surface area contributed by atoms with Crippen molar-refractivity contribution in [3.8, 4) is 0 Å². The van der Waals surface area contributed by atoms with Crippen LogP contribution >= 0.6 is 15.9 Å². The zero-order chi connectivity index (χ0) is 11.6. The highest BCUT2D eigenvalue weighted by Gasteiger charge is 2.12. The Morgan fingerprint density at radius 2 is 1.93 bits per heavy atom. The highest BCUT2D eigenvalue weighted by atomic mass is 79.9. The lowest BCUT2D eigenvalue weighted by Crippen LogP contribution is -2.18. The van der Waals surface area contributed by atoms with Crippen molar-refractivity contribution in [3.63, 3.8) is 0 Å². The van der Waals surface area contributed by atoms with Crippen LogP contribution < -0.4 is 5.32 Å². The number of carbonyl (C=O) groups excluding carboxylic acids is 1. The molecule has 0 aromatic heterocycles. The molecular formula is C10H10BrF2NO. The molecule has 0 unspecified atom stereocenters. The van der Waals surface area contributed by atoms with Gasteiger partial charge in [0.1, 0.15) is 11.6 Å². The van der Waals surface area contributed by atoms with E-state index in [1.54, 1.807) is 13.8 Å². The first kappa shape index (κ1) is 12.1. The molecule has 0 aliphatic heterocycles. The summed E-state index contributed by atoms with van der Waals surface area (Å²) in [6, 6.07) is 1.92. The quantitative estimate of drug-likeness (QED) is 0.826. The van der Waals surface area contributed by atoms with E-state index in [0.717, 1.165) is 12.1 Å². The van der Waals surface area contributed by atoms with Crippen LogP contribution in [0.25, 0.3) is 0 Å². The van der Waals surface area contributed by atoms with Gasteiger partial charge in [0.25, 0.3) is 0 Å². The van der Waals surface area contributed by atoms with Gasteiger partial charge in [0.05, 0.1) is 10.2 Å². The van der Waals surface area contributed by atoms with E-state index in [1.165, 1.54) is 0 Å². The molecule has 0 saturated carbocycles. The molecule has 15 heavy (non-hydrogen) atoms. The van der Waals surface area contributed by atoms with Gasteiger partial charge in [-0.05, 0) is 22.0 Å². The number of carbonyl (C=O) groups is 1. The van der Waals surface area contributed by atoms with Crippen molar-refractivity contribution in [3.05, 3.63) is 28.2 Å². The summed E-state index contributed by atoms with van der Waals surface area (Å²) in [5, 5.41) is 2.30. The molecule has 0 heterocycles. The first-order chi connectivity index (χ1) is 6.91. The molecule has 0 aliphatic carbocycles. The van der Waals surface area contributed by atoms with Crippen molar-refractivity contribution < 1.29 is 13.6 Å². The molecule has 1 aromatic carbocycles. The monoisotopic (exact) mass is 277 g/mol. The smallest absolute Gasteiger partial charge is 0.227 e. The van der Waals surface area contributed by atoms with Gasteiger partial charge in [-0.3, -0.25) is 4.79 Å². The SMILES string of the molecule is CC(C)C(=O)Nc1cc(F)c(Br)cc1F. The third kappa shape index (κ3) is 2.99. The van der Waals surface area contributed by atoms with Gasteiger partial charge < -0.3 is 5.32 Å². The van der Waals surface area contributed by atoms with E-state index < -0.39 is 11.6 Å². The zero-order valence-corrected chi connectivity index (χ0v) is 9.86. The highest BCUT2D eigenvalue weighted by Crippen LogP contribution is 2.23. The summed E-state index contributed by atoms with van der Waals surface area (Å²) in [5.74, 6) is -1.92.